The molecule has 0 bridgehead atoms. The third-order valence-electron chi connectivity index (χ3n) is 7.97. The van der Waals surface area contributed by atoms with Gasteiger partial charge in [-0.1, -0.05) is 78.9 Å². The van der Waals surface area contributed by atoms with Crippen LogP contribution in [0.5, 0.6) is 0 Å². The van der Waals surface area contributed by atoms with Crippen molar-refractivity contribution in [3.63, 3.8) is 0 Å². The molecule has 0 radical (unpaired) electrons. The lowest BCUT2D eigenvalue weighted by Gasteiger charge is -2.40. The maximum atomic E-state index is 13.5. The predicted molar refractivity (Wildman–Crippen MR) is 154 cm³/mol. The maximum absolute atomic E-state index is 13.5. The van der Waals surface area contributed by atoms with Crippen molar-refractivity contribution in [2.24, 2.45) is 0 Å². The first-order chi connectivity index (χ1) is 20.4. The Hall–Kier alpha value is -4.25. The average molecular weight is 574 g/mol. The Bertz CT molecular complexity index is 1360. The Kier molecular flexibility index (Phi) is 9.16. The van der Waals surface area contributed by atoms with Crippen LogP contribution in [-0.2, 0) is 30.4 Å². The zero-order valence-corrected chi connectivity index (χ0v) is 23.5. The molecule has 3 N–H and O–H groups in total. The number of rotatable bonds is 11. The second kappa shape index (κ2) is 13.2. The number of nitrogens with one attached hydrogen (secondary N) is 2. The predicted octanol–water partition coefficient (Wildman–Crippen LogP) is 3.71. The van der Waals surface area contributed by atoms with Gasteiger partial charge in [-0.2, -0.15) is 0 Å². The number of carbonyl (C=O) groups is 3. The number of hydrogen-bond acceptors (Lipinski definition) is 7. The molecule has 2 amide bonds. The Labute approximate surface area is 244 Å². The van der Waals surface area contributed by atoms with Crippen molar-refractivity contribution in [3.05, 3.63) is 95.6 Å². The van der Waals surface area contributed by atoms with Gasteiger partial charge in [0.25, 0.3) is 5.91 Å². The highest BCUT2D eigenvalue weighted by molar-refractivity contribution is 5.89. The molecular weight excluding hydrogens is 538 g/mol. The molecule has 1 aliphatic heterocycles. The summed E-state index contributed by atoms with van der Waals surface area (Å²) < 4.78 is 10.6. The second-order valence-electron chi connectivity index (χ2n) is 10.6. The zero-order valence-electron chi connectivity index (χ0n) is 23.5. The van der Waals surface area contributed by atoms with Crippen LogP contribution in [0.4, 0.5) is 4.79 Å². The molecule has 0 saturated carbocycles. The first-order valence-corrected chi connectivity index (χ1v) is 14.0. The third-order valence-corrected chi connectivity index (χ3v) is 7.97. The average Bonchev–Trinajstić information content (AvgIpc) is 3.33. The number of methoxy groups -OCH3 is 1. The first kappa shape index (κ1) is 29.2. The molecule has 5 rings (SSSR count). The van der Waals surface area contributed by atoms with Crippen LogP contribution < -0.4 is 10.8 Å². The fraction of sp³-hybridized carbons (Fsp3) is 0.344. The van der Waals surface area contributed by atoms with E-state index in [1.807, 2.05) is 66.7 Å². The highest BCUT2D eigenvalue weighted by atomic mass is 16.7. The van der Waals surface area contributed by atoms with Gasteiger partial charge in [-0.3, -0.25) is 14.5 Å². The Morgan fingerprint density at radius 1 is 0.929 bits per heavy atom. The van der Waals surface area contributed by atoms with Crippen LogP contribution in [-0.4, -0.2) is 73.0 Å². The molecule has 3 aromatic carbocycles. The van der Waals surface area contributed by atoms with Crippen molar-refractivity contribution >= 4 is 18.0 Å². The standard InChI is InChI=1S/C32H35N3O7/c1-40-21-28(29(36)37)42-34-30(38)32(15-17-35(18-16-32)19-22-9-3-2-4-10-22)33-31(39)41-20-27-25-13-7-5-11-23(25)24-12-6-8-14-26(24)27/h2-14,27-28H,15-21H2,1H3,(H,33,39)(H,34,38)(H,36,37). The van der Waals surface area contributed by atoms with E-state index in [0.717, 1.165) is 27.8 Å². The number of nitrogens with zero attached hydrogens (tertiary/aromatic N) is 1. The SMILES string of the molecule is COCC(ONC(=O)C1(NC(=O)OCC2c3ccccc3-c3ccccc32)CCN(Cc2ccccc2)CC1)C(=O)O. The van der Waals surface area contributed by atoms with E-state index in [-0.39, 0.29) is 32.0 Å². The molecule has 3 aromatic rings. The van der Waals surface area contributed by atoms with Gasteiger partial charge in [0.05, 0.1) is 6.61 Å². The van der Waals surface area contributed by atoms with Crippen molar-refractivity contribution < 1.29 is 33.8 Å². The van der Waals surface area contributed by atoms with Gasteiger partial charge in [0, 0.05) is 32.7 Å². The van der Waals surface area contributed by atoms with E-state index in [4.69, 9.17) is 14.3 Å². The molecule has 1 aliphatic carbocycles. The molecule has 0 aromatic heterocycles. The highest BCUT2D eigenvalue weighted by Crippen LogP contribution is 2.44. The molecule has 10 nitrogen and oxygen atoms in total. The summed E-state index contributed by atoms with van der Waals surface area (Å²) in [5.74, 6) is -2.06. The minimum absolute atomic E-state index is 0.100. The van der Waals surface area contributed by atoms with Crippen LogP contribution in [0.3, 0.4) is 0 Å². The number of likely N-dealkylation sites (tertiary alicyclic amines) is 1. The number of alkyl carbamates (subject to hydrolysis) is 1. The van der Waals surface area contributed by atoms with Gasteiger partial charge in [0.15, 0.2) is 0 Å². The topological polar surface area (TPSA) is 126 Å². The molecule has 10 heteroatoms. The number of fused-ring (bicyclic) bond motifs is 3. The summed E-state index contributed by atoms with van der Waals surface area (Å²) in [5.41, 5.74) is 6.45. The fourth-order valence-electron chi connectivity index (χ4n) is 5.70. The van der Waals surface area contributed by atoms with E-state index in [1.54, 1.807) is 0 Å². The summed E-state index contributed by atoms with van der Waals surface area (Å²) in [4.78, 5) is 45.6. The second-order valence-corrected chi connectivity index (χ2v) is 10.6. The van der Waals surface area contributed by atoms with Crippen molar-refractivity contribution in [1.82, 2.24) is 15.7 Å². The van der Waals surface area contributed by atoms with E-state index in [2.05, 4.69) is 27.8 Å². The van der Waals surface area contributed by atoms with Gasteiger partial charge in [0.2, 0.25) is 6.10 Å². The summed E-state index contributed by atoms with van der Waals surface area (Å²) >= 11 is 0. The first-order valence-electron chi connectivity index (χ1n) is 14.0. The van der Waals surface area contributed by atoms with Crippen molar-refractivity contribution in [2.75, 3.05) is 33.4 Å². The van der Waals surface area contributed by atoms with Crippen molar-refractivity contribution in [1.29, 1.82) is 0 Å². The van der Waals surface area contributed by atoms with Crippen LogP contribution in [0.15, 0.2) is 78.9 Å². The number of carbonyl (C=O) groups excluding carboxylic acids is 2. The monoisotopic (exact) mass is 573 g/mol. The number of ether oxygens (including phenoxy) is 2. The van der Waals surface area contributed by atoms with E-state index < -0.39 is 29.6 Å². The number of hydrogen-bond donors (Lipinski definition) is 3. The van der Waals surface area contributed by atoms with E-state index in [9.17, 15) is 19.5 Å². The van der Waals surface area contributed by atoms with Crippen LogP contribution in [0, 0.1) is 0 Å². The summed E-state index contributed by atoms with van der Waals surface area (Å²) in [6.45, 7) is 1.59. The fourth-order valence-corrected chi connectivity index (χ4v) is 5.70. The zero-order chi connectivity index (χ0) is 29.5. The van der Waals surface area contributed by atoms with E-state index in [0.29, 0.717) is 19.6 Å². The van der Waals surface area contributed by atoms with E-state index in [1.165, 1.54) is 7.11 Å². The molecule has 1 heterocycles. The Morgan fingerprint density at radius 2 is 1.52 bits per heavy atom. The lowest BCUT2D eigenvalue weighted by molar-refractivity contribution is -0.167. The Balaban J connectivity index is 1.27. The minimum atomic E-state index is -1.40. The quantitative estimate of drug-likeness (QED) is 0.297. The van der Waals surface area contributed by atoms with Crippen LogP contribution in [0.25, 0.3) is 11.1 Å². The van der Waals surface area contributed by atoms with Gasteiger partial charge in [0.1, 0.15) is 12.1 Å². The summed E-state index contributed by atoms with van der Waals surface area (Å²) in [6, 6.07) is 26.1. The van der Waals surface area contributed by atoms with Gasteiger partial charge in [-0.15, -0.1) is 0 Å². The molecule has 0 spiro atoms. The van der Waals surface area contributed by atoms with Gasteiger partial charge in [-0.25, -0.2) is 15.1 Å². The number of carboxylic acids is 1. The van der Waals surface area contributed by atoms with Crippen LogP contribution in [0.1, 0.15) is 35.4 Å². The molecule has 1 atom stereocenters. The van der Waals surface area contributed by atoms with Gasteiger partial charge < -0.3 is 19.9 Å². The molecular formula is C32H35N3O7. The molecule has 2 aliphatic rings. The summed E-state index contributed by atoms with van der Waals surface area (Å²) in [5, 5.41) is 12.2. The van der Waals surface area contributed by atoms with Crippen molar-refractivity contribution in [2.45, 2.75) is 36.9 Å². The van der Waals surface area contributed by atoms with Gasteiger partial charge >= 0.3 is 12.1 Å². The minimum Gasteiger partial charge on any atom is -0.479 e. The number of aliphatic carboxylic acids is 1. The molecule has 1 unspecified atom stereocenters. The summed E-state index contributed by atoms with van der Waals surface area (Å²) in [7, 11) is 1.34. The van der Waals surface area contributed by atoms with Crippen LogP contribution in [0.2, 0.25) is 0 Å². The third kappa shape index (κ3) is 6.46. The molecule has 1 saturated heterocycles. The molecule has 1 fully saturated rings. The Morgan fingerprint density at radius 3 is 2.12 bits per heavy atom. The van der Waals surface area contributed by atoms with E-state index >= 15 is 0 Å². The summed E-state index contributed by atoms with van der Waals surface area (Å²) in [6.07, 6.45) is -1.57. The largest absolute Gasteiger partial charge is 0.479 e. The number of carboxylic acid groups (broad SMARTS) is 1. The maximum Gasteiger partial charge on any atom is 0.408 e. The number of amides is 2. The lowest BCUT2D eigenvalue weighted by Crippen LogP contribution is -2.63. The lowest BCUT2D eigenvalue weighted by atomic mass is 9.86. The smallest absolute Gasteiger partial charge is 0.408 e. The normalized spacial score (nSPS) is 16.6. The highest BCUT2D eigenvalue weighted by Gasteiger charge is 2.44. The molecule has 42 heavy (non-hydrogen) atoms. The number of piperidine rings is 1. The van der Waals surface area contributed by atoms with Gasteiger partial charge in [-0.05, 0) is 40.7 Å². The number of hydroxylamine groups is 1. The molecule has 220 valence electrons. The number of benzene rings is 3. The van der Waals surface area contributed by atoms with Crippen molar-refractivity contribution in [3.8, 4) is 11.1 Å². The van der Waals surface area contributed by atoms with Crippen LogP contribution >= 0.6 is 0 Å².